The molecule has 1 aliphatic heterocycles. The summed E-state index contributed by atoms with van der Waals surface area (Å²) in [7, 11) is -1.52. The van der Waals surface area contributed by atoms with Gasteiger partial charge >= 0.3 is 6.18 Å². The van der Waals surface area contributed by atoms with E-state index in [1.54, 1.807) is 24.6 Å². The smallest absolute Gasteiger partial charge is 0.269 e. The Bertz CT molecular complexity index is 862. The van der Waals surface area contributed by atoms with Crippen LogP contribution in [0.25, 0.3) is 11.3 Å². The van der Waals surface area contributed by atoms with Gasteiger partial charge in [0, 0.05) is 23.7 Å². The van der Waals surface area contributed by atoms with Gasteiger partial charge in [0.25, 0.3) is 0 Å². The summed E-state index contributed by atoms with van der Waals surface area (Å²) in [6.07, 6.45) is -2.81. The Morgan fingerprint density at radius 2 is 2.04 bits per heavy atom. The summed E-state index contributed by atoms with van der Waals surface area (Å²) in [4.78, 5) is 3.10. The van der Waals surface area contributed by atoms with Crippen molar-refractivity contribution in [1.29, 1.82) is 0 Å². The maximum Gasteiger partial charge on any atom is 0.433 e. The Hall–Kier alpha value is -1.81. The lowest BCUT2D eigenvalue weighted by molar-refractivity contribution is -0.141. The van der Waals surface area contributed by atoms with Gasteiger partial charge in [-0.15, -0.1) is 0 Å². The Morgan fingerprint density at radius 1 is 1.35 bits per heavy atom. The van der Waals surface area contributed by atoms with E-state index in [1.807, 2.05) is 0 Å². The summed E-state index contributed by atoms with van der Waals surface area (Å²) in [6, 6.07) is 2.26. The molecule has 0 radical (unpaired) electrons. The number of rotatable bonds is 4. The number of hydrogen-bond donors (Lipinski definition) is 1. The molecule has 0 saturated heterocycles. The van der Waals surface area contributed by atoms with Crippen LogP contribution in [0.5, 0.6) is 0 Å². The van der Waals surface area contributed by atoms with E-state index in [-0.39, 0.29) is 17.2 Å². The monoisotopic (exact) mass is 390 g/mol. The van der Waals surface area contributed by atoms with Crippen molar-refractivity contribution in [3.63, 3.8) is 0 Å². The molecule has 1 unspecified atom stereocenters. The maximum absolute atomic E-state index is 14.0. The zero-order chi connectivity index (χ0) is 19.3. The molecule has 0 spiro atoms. The third-order valence-electron chi connectivity index (χ3n) is 4.62. The first-order chi connectivity index (χ1) is 12.0. The van der Waals surface area contributed by atoms with Gasteiger partial charge in [-0.05, 0) is 38.8 Å². The maximum atomic E-state index is 14.0. The SMILES string of the molecule is CC(C)(C[C@@H]1CCn2nc(-c3cc(C(F)(F)F)ncc3F)cc21)S(N)=O. The van der Waals surface area contributed by atoms with Crippen molar-refractivity contribution in [3.05, 3.63) is 35.5 Å². The van der Waals surface area contributed by atoms with Crippen LogP contribution in [0.2, 0.25) is 0 Å². The van der Waals surface area contributed by atoms with Gasteiger partial charge in [-0.25, -0.2) is 13.6 Å². The number of nitrogens with two attached hydrogens (primary N) is 1. The number of halogens is 4. The van der Waals surface area contributed by atoms with Gasteiger partial charge in [0.05, 0.1) is 27.6 Å². The third-order valence-corrected chi connectivity index (χ3v) is 5.88. The second kappa shape index (κ2) is 6.41. The van der Waals surface area contributed by atoms with Crippen molar-refractivity contribution in [2.45, 2.75) is 50.1 Å². The third kappa shape index (κ3) is 3.52. The highest BCUT2D eigenvalue weighted by Crippen LogP contribution is 2.39. The topological polar surface area (TPSA) is 73.8 Å². The van der Waals surface area contributed by atoms with Crippen molar-refractivity contribution in [2.75, 3.05) is 0 Å². The van der Waals surface area contributed by atoms with Crippen LogP contribution in [-0.2, 0) is 23.7 Å². The Labute approximate surface area is 150 Å². The van der Waals surface area contributed by atoms with E-state index in [4.69, 9.17) is 5.14 Å². The summed E-state index contributed by atoms with van der Waals surface area (Å²) in [5.41, 5.74) is -0.502. The highest BCUT2D eigenvalue weighted by atomic mass is 32.2. The summed E-state index contributed by atoms with van der Waals surface area (Å²) < 4.78 is 65.3. The second-order valence-corrected chi connectivity index (χ2v) is 8.67. The van der Waals surface area contributed by atoms with E-state index in [1.165, 1.54) is 0 Å². The Balaban J connectivity index is 1.95. The summed E-state index contributed by atoms with van der Waals surface area (Å²) in [6.45, 7) is 4.15. The molecule has 142 valence electrons. The molecular weight excluding hydrogens is 372 g/mol. The minimum Gasteiger partial charge on any atom is -0.269 e. The van der Waals surface area contributed by atoms with Crippen LogP contribution in [0, 0.1) is 5.82 Å². The molecule has 26 heavy (non-hydrogen) atoms. The fraction of sp³-hybridized carbons (Fsp3) is 0.500. The molecule has 2 aromatic rings. The molecule has 0 fully saturated rings. The largest absolute Gasteiger partial charge is 0.433 e. The average Bonchev–Trinajstić information content (AvgIpc) is 3.08. The minimum absolute atomic E-state index is 0.00531. The lowest BCUT2D eigenvalue weighted by atomic mass is 9.92. The van der Waals surface area contributed by atoms with Crippen LogP contribution >= 0.6 is 0 Å². The molecule has 0 aliphatic carbocycles. The predicted octanol–water partition coefficient (Wildman–Crippen LogP) is 3.38. The fourth-order valence-electron chi connectivity index (χ4n) is 3.17. The van der Waals surface area contributed by atoms with E-state index in [9.17, 15) is 21.8 Å². The summed E-state index contributed by atoms with van der Waals surface area (Å²) in [5.74, 6) is -0.861. The van der Waals surface area contributed by atoms with Gasteiger partial charge in [0.2, 0.25) is 0 Å². The molecule has 3 rings (SSSR count). The summed E-state index contributed by atoms with van der Waals surface area (Å²) >= 11 is 0. The molecule has 0 aromatic carbocycles. The van der Waals surface area contributed by atoms with Crippen LogP contribution in [0.3, 0.4) is 0 Å². The van der Waals surface area contributed by atoms with Gasteiger partial charge in [0.15, 0.2) is 5.82 Å². The Kier molecular flexibility index (Phi) is 4.68. The molecule has 2 aromatic heterocycles. The first-order valence-electron chi connectivity index (χ1n) is 7.96. The average molecular weight is 390 g/mol. The minimum atomic E-state index is -4.66. The lowest BCUT2D eigenvalue weighted by Crippen LogP contribution is -2.33. The van der Waals surface area contributed by atoms with Gasteiger partial charge in [0.1, 0.15) is 5.69 Å². The van der Waals surface area contributed by atoms with E-state index < -0.39 is 33.4 Å². The number of alkyl halides is 3. The van der Waals surface area contributed by atoms with Crippen molar-refractivity contribution >= 4 is 11.0 Å². The Morgan fingerprint density at radius 3 is 2.65 bits per heavy atom. The zero-order valence-corrected chi connectivity index (χ0v) is 15.0. The van der Waals surface area contributed by atoms with E-state index in [0.717, 1.165) is 12.1 Å². The van der Waals surface area contributed by atoms with E-state index in [0.29, 0.717) is 25.2 Å². The quantitative estimate of drug-likeness (QED) is 0.814. The number of aromatic nitrogens is 3. The first-order valence-corrected chi connectivity index (χ1v) is 9.17. The van der Waals surface area contributed by atoms with Crippen LogP contribution in [0.1, 0.15) is 44.0 Å². The predicted molar refractivity (Wildman–Crippen MR) is 88.8 cm³/mol. The van der Waals surface area contributed by atoms with Gasteiger partial charge in [-0.2, -0.15) is 18.3 Å². The molecule has 5 nitrogen and oxygen atoms in total. The number of pyridine rings is 1. The molecule has 2 atom stereocenters. The molecule has 3 heterocycles. The number of nitrogens with zero attached hydrogens (tertiary/aromatic N) is 3. The molecule has 1 aliphatic rings. The molecule has 0 bridgehead atoms. The van der Waals surface area contributed by atoms with Crippen molar-refractivity contribution in [3.8, 4) is 11.3 Å². The number of fused-ring (bicyclic) bond motifs is 1. The van der Waals surface area contributed by atoms with Crippen LogP contribution in [0.4, 0.5) is 17.6 Å². The van der Waals surface area contributed by atoms with E-state index >= 15 is 0 Å². The lowest BCUT2D eigenvalue weighted by Gasteiger charge is -2.24. The van der Waals surface area contributed by atoms with Crippen LogP contribution in [0.15, 0.2) is 18.3 Å². The van der Waals surface area contributed by atoms with Gasteiger partial charge in [-0.1, -0.05) is 0 Å². The molecular formula is C16H18F4N4OS. The standard InChI is InChI=1S/C16H18F4N4OS/c1-15(2,26(21)25)7-9-3-4-24-13(9)6-12(23-24)10-5-14(16(18,19)20)22-8-11(10)17/h5-6,8-9H,3-4,7,21H2,1-2H3/t9-,26?/m0/s1. The van der Waals surface area contributed by atoms with Crippen LogP contribution < -0.4 is 5.14 Å². The summed E-state index contributed by atoms with van der Waals surface area (Å²) in [5, 5.41) is 9.77. The normalized spacial score (nSPS) is 18.8. The number of aryl methyl sites for hydroxylation is 1. The first kappa shape index (κ1) is 19.0. The van der Waals surface area contributed by atoms with Crippen molar-refractivity contribution < 1.29 is 21.8 Å². The fourth-order valence-corrected chi connectivity index (χ4v) is 3.53. The van der Waals surface area contributed by atoms with Gasteiger partial charge in [-0.3, -0.25) is 9.82 Å². The highest BCUT2D eigenvalue weighted by Gasteiger charge is 2.35. The van der Waals surface area contributed by atoms with Gasteiger partial charge < -0.3 is 0 Å². The zero-order valence-electron chi connectivity index (χ0n) is 14.2. The number of hydrogen-bond acceptors (Lipinski definition) is 3. The second-order valence-electron chi connectivity index (χ2n) is 6.97. The molecule has 0 saturated carbocycles. The van der Waals surface area contributed by atoms with Crippen molar-refractivity contribution in [1.82, 2.24) is 14.8 Å². The molecule has 2 N–H and O–H groups in total. The molecule has 10 heteroatoms. The van der Waals surface area contributed by atoms with Crippen molar-refractivity contribution in [2.24, 2.45) is 5.14 Å². The molecule has 0 amide bonds. The highest BCUT2D eigenvalue weighted by molar-refractivity contribution is 7.84. The van der Waals surface area contributed by atoms with E-state index in [2.05, 4.69) is 10.1 Å². The van der Waals surface area contributed by atoms with Crippen LogP contribution in [-0.4, -0.2) is 23.7 Å².